The van der Waals surface area contributed by atoms with Crippen molar-refractivity contribution in [1.29, 1.82) is 0 Å². The summed E-state index contributed by atoms with van der Waals surface area (Å²) in [6, 6.07) is 9.15. The highest BCUT2D eigenvalue weighted by molar-refractivity contribution is 5.85. The Bertz CT molecular complexity index is 460. The molecule has 0 spiro atoms. The van der Waals surface area contributed by atoms with Gasteiger partial charge in [0.25, 0.3) is 0 Å². The highest BCUT2D eigenvalue weighted by Gasteiger charge is 2.41. The number of rotatable bonds is 4. The normalized spacial score (nSPS) is 21.6. The van der Waals surface area contributed by atoms with Crippen molar-refractivity contribution in [2.24, 2.45) is 5.92 Å². The monoisotopic (exact) mass is 336 g/mol. The fraction of sp³-hybridized carbons (Fsp3) is 0.533. The van der Waals surface area contributed by atoms with Gasteiger partial charge in [-0.1, -0.05) is 18.2 Å². The molecular formula is C15H20ClF3N2O. The number of amides is 1. The summed E-state index contributed by atoms with van der Waals surface area (Å²) in [6.45, 7) is 0.128. The molecule has 2 rings (SSSR count). The van der Waals surface area contributed by atoms with E-state index < -0.39 is 12.1 Å². The van der Waals surface area contributed by atoms with Crippen molar-refractivity contribution in [2.75, 3.05) is 11.9 Å². The van der Waals surface area contributed by atoms with Crippen molar-refractivity contribution in [3.05, 3.63) is 30.3 Å². The van der Waals surface area contributed by atoms with E-state index in [-0.39, 0.29) is 43.7 Å². The Hall–Kier alpha value is -1.43. The third kappa shape index (κ3) is 5.75. The summed E-state index contributed by atoms with van der Waals surface area (Å²) >= 11 is 0. The van der Waals surface area contributed by atoms with E-state index in [0.29, 0.717) is 12.8 Å². The second-order valence-electron chi connectivity index (χ2n) is 5.38. The minimum Gasteiger partial charge on any atom is -0.376 e. The summed E-state index contributed by atoms with van der Waals surface area (Å²) in [7, 11) is 0. The van der Waals surface area contributed by atoms with Gasteiger partial charge in [0.05, 0.1) is 12.5 Å². The van der Waals surface area contributed by atoms with Crippen molar-refractivity contribution in [3.8, 4) is 0 Å². The van der Waals surface area contributed by atoms with Gasteiger partial charge in [-0.3, -0.25) is 4.79 Å². The van der Waals surface area contributed by atoms with Crippen LogP contribution in [0, 0.1) is 5.92 Å². The van der Waals surface area contributed by atoms with Crippen LogP contribution in [0.5, 0.6) is 0 Å². The Morgan fingerprint density at radius 3 is 2.23 bits per heavy atom. The van der Waals surface area contributed by atoms with Gasteiger partial charge in [0.15, 0.2) is 0 Å². The molecule has 0 bridgehead atoms. The SMILES string of the molecule is Cl.O=C(CNc1ccccc1)NC1CCC(C(F)(F)F)CC1. The molecule has 2 N–H and O–H groups in total. The number of para-hydroxylation sites is 1. The van der Waals surface area contributed by atoms with Crippen LogP contribution in [0.4, 0.5) is 18.9 Å². The molecule has 7 heteroatoms. The maximum absolute atomic E-state index is 12.5. The Morgan fingerprint density at radius 2 is 1.68 bits per heavy atom. The fourth-order valence-corrected chi connectivity index (χ4v) is 2.58. The van der Waals surface area contributed by atoms with Gasteiger partial charge >= 0.3 is 6.18 Å². The van der Waals surface area contributed by atoms with Gasteiger partial charge in [-0.05, 0) is 37.8 Å². The number of halogens is 4. The largest absolute Gasteiger partial charge is 0.391 e. The predicted octanol–water partition coefficient (Wildman–Crippen LogP) is 3.76. The lowest BCUT2D eigenvalue weighted by molar-refractivity contribution is -0.182. The number of benzene rings is 1. The minimum absolute atomic E-state index is 0. The quantitative estimate of drug-likeness (QED) is 0.879. The highest BCUT2D eigenvalue weighted by Crippen LogP contribution is 2.37. The van der Waals surface area contributed by atoms with Gasteiger partial charge in [-0.15, -0.1) is 12.4 Å². The first-order valence-corrected chi connectivity index (χ1v) is 7.10. The van der Waals surface area contributed by atoms with E-state index >= 15 is 0 Å². The van der Waals surface area contributed by atoms with E-state index in [1.54, 1.807) is 0 Å². The molecule has 1 aliphatic rings. The van der Waals surface area contributed by atoms with E-state index in [0.717, 1.165) is 5.69 Å². The molecule has 1 fully saturated rings. The average molecular weight is 337 g/mol. The molecular weight excluding hydrogens is 317 g/mol. The Morgan fingerprint density at radius 1 is 1.09 bits per heavy atom. The van der Waals surface area contributed by atoms with Crippen LogP contribution in [0.3, 0.4) is 0 Å². The van der Waals surface area contributed by atoms with Crippen molar-refractivity contribution in [1.82, 2.24) is 5.32 Å². The highest BCUT2D eigenvalue weighted by atomic mass is 35.5. The third-order valence-electron chi connectivity index (χ3n) is 3.78. The predicted molar refractivity (Wildman–Crippen MR) is 82.1 cm³/mol. The first-order valence-electron chi connectivity index (χ1n) is 7.10. The van der Waals surface area contributed by atoms with E-state index in [1.165, 1.54) is 0 Å². The first kappa shape index (κ1) is 18.6. The van der Waals surface area contributed by atoms with Crippen LogP contribution < -0.4 is 10.6 Å². The molecule has 1 aliphatic carbocycles. The van der Waals surface area contributed by atoms with Crippen molar-refractivity contribution in [3.63, 3.8) is 0 Å². The topological polar surface area (TPSA) is 41.1 Å². The summed E-state index contributed by atoms with van der Waals surface area (Å²) in [5.41, 5.74) is 0.841. The summed E-state index contributed by atoms with van der Waals surface area (Å²) in [5.74, 6) is -1.40. The van der Waals surface area contributed by atoms with Crippen LogP contribution in [0.2, 0.25) is 0 Å². The summed E-state index contributed by atoms with van der Waals surface area (Å²) < 4.78 is 37.6. The maximum Gasteiger partial charge on any atom is 0.391 e. The van der Waals surface area contributed by atoms with Crippen molar-refractivity contribution in [2.45, 2.75) is 37.9 Å². The van der Waals surface area contributed by atoms with Crippen molar-refractivity contribution >= 4 is 24.0 Å². The zero-order chi connectivity index (χ0) is 15.3. The third-order valence-corrected chi connectivity index (χ3v) is 3.78. The number of carbonyl (C=O) groups is 1. The van der Waals surface area contributed by atoms with Crippen LogP contribution in [-0.2, 0) is 4.79 Å². The standard InChI is InChI=1S/C15H19F3N2O.ClH/c16-15(17,18)11-6-8-13(9-7-11)20-14(21)10-19-12-4-2-1-3-5-12;/h1-5,11,13,19H,6-10H2,(H,20,21);1H. The van der Waals surface area contributed by atoms with Gasteiger partial charge in [-0.25, -0.2) is 0 Å². The summed E-state index contributed by atoms with van der Waals surface area (Å²) in [4.78, 5) is 11.8. The smallest absolute Gasteiger partial charge is 0.376 e. The van der Waals surface area contributed by atoms with Gasteiger partial charge in [0.2, 0.25) is 5.91 Å². The second kappa shape index (κ2) is 8.27. The van der Waals surface area contributed by atoms with Crippen LogP contribution in [0.25, 0.3) is 0 Å². The molecule has 22 heavy (non-hydrogen) atoms. The fourth-order valence-electron chi connectivity index (χ4n) is 2.58. The first-order chi connectivity index (χ1) is 9.95. The average Bonchev–Trinajstić information content (AvgIpc) is 2.46. The van der Waals surface area contributed by atoms with Crippen LogP contribution >= 0.6 is 12.4 Å². The van der Waals surface area contributed by atoms with Gasteiger partial charge in [0, 0.05) is 11.7 Å². The molecule has 0 heterocycles. The molecule has 0 aromatic heterocycles. The molecule has 0 saturated heterocycles. The number of anilines is 1. The van der Waals surface area contributed by atoms with Crippen LogP contribution in [-0.4, -0.2) is 24.7 Å². The summed E-state index contributed by atoms with van der Waals surface area (Å²) in [6.07, 6.45) is -3.13. The molecule has 0 unspecified atom stereocenters. The second-order valence-corrected chi connectivity index (χ2v) is 5.38. The summed E-state index contributed by atoms with van der Waals surface area (Å²) in [5, 5.41) is 5.77. The number of hydrogen-bond donors (Lipinski definition) is 2. The molecule has 0 aliphatic heterocycles. The van der Waals surface area contributed by atoms with Gasteiger partial charge < -0.3 is 10.6 Å². The number of hydrogen-bond acceptors (Lipinski definition) is 2. The molecule has 124 valence electrons. The van der Waals surface area contributed by atoms with E-state index in [1.807, 2.05) is 30.3 Å². The van der Waals surface area contributed by atoms with Crippen LogP contribution in [0.1, 0.15) is 25.7 Å². The van der Waals surface area contributed by atoms with Gasteiger partial charge in [0.1, 0.15) is 0 Å². The number of alkyl halides is 3. The van der Waals surface area contributed by atoms with Crippen LogP contribution in [0.15, 0.2) is 30.3 Å². The lowest BCUT2D eigenvalue weighted by Gasteiger charge is -2.30. The zero-order valence-electron chi connectivity index (χ0n) is 12.0. The lowest BCUT2D eigenvalue weighted by atomic mass is 9.85. The molecule has 0 radical (unpaired) electrons. The molecule has 3 nitrogen and oxygen atoms in total. The minimum atomic E-state index is -4.11. The van der Waals surface area contributed by atoms with E-state index in [9.17, 15) is 18.0 Å². The lowest BCUT2D eigenvalue weighted by Crippen LogP contribution is -2.42. The molecule has 1 aromatic carbocycles. The van der Waals surface area contributed by atoms with Gasteiger partial charge in [-0.2, -0.15) is 13.2 Å². The Balaban J connectivity index is 0.00000242. The van der Waals surface area contributed by atoms with E-state index in [2.05, 4.69) is 10.6 Å². The molecule has 1 saturated carbocycles. The molecule has 0 atom stereocenters. The molecule has 1 amide bonds. The Kier molecular flexibility index (Phi) is 7.00. The zero-order valence-corrected chi connectivity index (χ0v) is 12.8. The Labute approximate surface area is 134 Å². The maximum atomic E-state index is 12.5. The number of nitrogens with one attached hydrogen (secondary N) is 2. The van der Waals surface area contributed by atoms with E-state index in [4.69, 9.17) is 0 Å². The number of carbonyl (C=O) groups excluding carboxylic acids is 1. The van der Waals surface area contributed by atoms with Crippen molar-refractivity contribution < 1.29 is 18.0 Å². The molecule has 1 aromatic rings.